The Bertz CT molecular complexity index is 1070. The number of sulfonamides is 1. The molecule has 0 spiro atoms. The first kappa shape index (κ1) is 19.1. The van der Waals surface area contributed by atoms with E-state index in [9.17, 15) is 8.42 Å². The van der Waals surface area contributed by atoms with E-state index >= 15 is 0 Å². The van der Waals surface area contributed by atoms with E-state index in [1.165, 1.54) is 35.4 Å². The molecule has 0 saturated carbocycles. The summed E-state index contributed by atoms with van der Waals surface area (Å²) < 4.78 is 38.2. The smallest absolute Gasteiger partial charge is 0.246 e. The second-order valence-electron chi connectivity index (χ2n) is 6.73. The summed E-state index contributed by atoms with van der Waals surface area (Å²) in [5, 5.41) is 5.86. The van der Waals surface area contributed by atoms with Crippen molar-refractivity contribution in [2.45, 2.75) is 37.1 Å². The van der Waals surface area contributed by atoms with Crippen LogP contribution < -0.4 is 4.74 Å². The van der Waals surface area contributed by atoms with Gasteiger partial charge < -0.3 is 9.26 Å². The summed E-state index contributed by atoms with van der Waals surface area (Å²) in [7, 11) is -0.777. The fourth-order valence-corrected chi connectivity index (χ4v) is 5.32. The van der Waals surface area contributed by atoms with E-state index in [0.29, 0.717) is 11.6 Å². The van der Waals surface area contributed by atoms with Crippen LogP contribution in [0, 0.1) is 0 Å². The van der Waals surface area contributed by atoms with E-state index < -0.39 is 10.0 Å². The number of aromatic nitrogens is 2. The van der Waals surface area contributed by atoms with Gasteiger partial charge in [-0.1, -0.05) is 11.2 Å². The van der Waals surface area contributed by atoms with E-state index in [-0.39, 0.29) is 17.3 Å². The van der Waals surface area contributed by atoms with E-state index in [1.54, 1.807) is 6.07 Å². The summed E-state index contributed by atoms with van der Waals surface area (Å²) in [6, 6.07) is 7.40. The van der Waals surface area contributed by atoms with Crippen LogP contribution in [0.4, 0.5) is 0 Å². The average Bonchev–Trinajstić information content (AvgIpc) is 3.38. The molecule has 1 aromatic carbocycles. The minimum Gasteiger partial charge on any atom is -0.495 e. The van der Waals surface area contributed by atoms with Gasteiger partial charge in [-0.15, -0.1) is 11.3 Å². The predicted octanol–water partition coefficient (Wildman–Crippen LogP) is 3.51. The number of fused-ring (bicyclic) bond motifs is 1. The number of rotatable bonds is 6. The lowest BCUT2D eigenvalue weighted by Crippen LogP contribution is -2.27. The molecule has 2 aromatic heterocycles. The Labute approximate surface area is 168 Å². The van der Waals surface area contributed by atoms with Crippen LogP contribution in [0.2, 0.25) is 0 Å². The lowest BCUT2D eigenvalue weighted by atomic mass is 9.92. The van der Waals surface area contributed by atoms with Gasteiger partial charge in [0.25, 0.3) is 0 Å². The van der Waals surface area contributed by atoms with Gasteiger partial charge in [0.15, 0.2) is 0 Å². The second-order valence-corrected chi connectivity index (χ2v) is 9.69. The van der Waals surface area contributed by atoms with Crippen molar-refractivity contribution in [3.05, 3.63) is 46.7 Å². The van der Waals surface area contributed by atoms with Crippen molar-refractivity contribution in [2.75, 3.05) is 14.2 Å². The molecule has 0 amide bonds. The molecule has 0 unspecified atom stereocenters. The molecule has 9 heteroatoms. The Hall–Kier alpha value is -2.23. The van der Waals surface area contributed by atoms with Gasteiger partial charge in [-0.05, 0) is 60.4 Å². The number of hydrogen-bond donors (Lipinski definition) is 0. The Morgan fingerprint density at radius 3 is 2.68 bits per heavy atom. The van der Waals surface area contributed by atoms with Crippen molar-refractivity contribution in [1.29, 1.82) is 0 Å². The zero-order chi connectivity index (χ0) is 19.7. The van der Waals surface area contributed by atoms with Gasteiger partial charge >= 0.3 is 0 Å². The zero-order valence-corrected chi connectivity index (χ0v) is 17.3. The topological polar surface area (TPSA) is 85.5 Å². The van der Waals surface area contributed by atoms with Gasteiger partial charge in [0.05, 0.1) is 18.5 Å². The number of ether oxygens (including phenoxy) is 1. The summed E-state index contributed by atoms with van der Waals surface area (Å²) in [4.78, 5) is 5.36. The SMILES string of the molecule is COc1cc2c(cc1S(=O)(=O)N(C)Cc1nc(-c3cccs3)no1)CCCC2. The highest BCUT2D eigenvalue weighted by molar-refractivity contribution is 7.89. The molecule has 0 fully saturated rings. The molecular weight excluding hydrogens is 398 g/mol. The van der Waals surface area contributed by atoms with Crippen LogP contribution in [0.5, 0.6) is 5.75 Å². The number of hydrogen-bond acceptors (Lipinski definition) is 7. The summed E-state index contributed by atoms with van der Waals surface area (Å²) in [5.41, 5.74) is 2.25. The molecular formula is C19H21N3O4S2. The third kappa shape index (κ3) is 3.57. The van der Waals surface area contributed by atoms with Gasteiger partial charge in [0.2, 0.25) is 21.7 Å². The first-order valence-electron chi connectivity index (χ1n) is 9.01. The Balaban J connectivity index is 1.61. The van der Waals surface area contributed by atoms with Crippen LogP contribution in [0.15, 0.2) is 39.1 Å². The van der Waals surface area contributed by atoms with Gasteiger partial charge in [-0.3, -0.25) is 0 Å². The number of benzene rings is 1. The number of thiophene rings is 1. The maximum absolute atomic E-state index is 13.2. The highest BCUT2D eigenvalue weighted by Gasteiger charge is 2.28. The van der Waals surface area contributed by atoms with Crippen LogP contribution in [-0.2, 0) is 29.4 Å². The number of nitrogens with zero attached hydrogens (tertiary/aromatic N) is 3. The van der Waals surface area contributed by atoms with E-state index in [4.69, 9.17) is 9.26 Å². The largest absolute Gasteiger partial charge is 0.495 e. The molecule has 3 aromatic rings. The third-order valence-electron chi connectivity index (χ3n) is 4.88. The number of aryl methyl sites for hydroxylation is 2. The molecule has 4 rings (SSSR count). The van der Waals surface area contributed by atoms with Crippen LogP contribution in [-0.4, -0.2) is 37.0 Å². The predicted molar refractivity (Wildman–Crippen MR) is 106 cm³/mol. The molecule has 28 heavy (non-hydrogen) atoms. The standard InChI is InChI=1S/C19H21N3O4S2/c1-22(12-18-20-19(21-26-18)16-8-5-9-27-16)28(23,24)17-11-14-7-4-3-6-13(14)10-15(17)25-2/h5,8-11H,3-4,6-7,12H2,1-2H3. The van der Waals surface area contributed by atoms with Crippen molar-refractivity contribution >= 4 is 21.4 Å². The lowest BCUT2D eigenvalue weighted by Gasteiger charge is -2.22. The lowest BCUT2D eigenvalue weighted by molar-refractivity contribution is 0.335. The maximum Gasteiger partial charge on any atom is 0.246 e. The normalized spacial score (nSPS) is 14.2. The molecule has 0 atom stereocenters. The summed E-state index contributed by atoms with van der Waals surface area (Å²) in [5.74, 6) is 1.07. The van der Waals surface area contributed by atoms with E-state index in [1.807, 2.05) is 23.6 Å². The van der Waals surface area contributed by atoms with Crippen molar-refractivity contribution in [2.24, 2.45) is 0 Å². The third-order valence-corrected chi connectivity index (χ3v) is 7.57. The summed E-state index contributed by atoms with van der Waals surface area (Å²) in [6.45, 7) is -0.0129. The van der Waals surface area contributed by atoms with Crippen molar-refractivity contribution in [3.63, 3.8) is 0 Å². The van der Waals surface area contributed by atoms with Crippen LogP contribution in [0.3, 0.4) is 0 Å². The van der Waals surface area contributed by atoms with Crippen LogP contribution >= 0.6 is 11.3 Å². The van der Waals surface area contributed by atoms with Gasteiger partial charge in [0.1, 0.15) is 10.6 Å². The monoisotopic (exact) mass is 419 g/mol. The molecule has 0 aliphatic heterocycles. The van der Waals surface area contributed by atoms with Crippen LogP contribution in [0.25, 0.3) is 10.7 Å². The first-order valence-corrected chi connectivity index (χ1v) is 11.3. The van der Waals surface area contributed by atoms with E-state index in [0.717, 1.165) is 36.1 Å². The Morgan fingerprint density at radius 2 is 2.00 bits per heavy atom. The summed E-state index contributed by atoms with van der Waals surface area (Å²) >= 11 is 1.50. The summed E-state index contributed by atoms with van der Waals surface area (Å²) in [6.07, 6.45) is 4.03. The highest BCUT2D eigenvalue weighted by atomic mass is 32.2. The Kier molecular flexibility index (Phi) is 5.22. The number of methoxy groups -OCH3 is 1. The fraction of sp³-hybridized carbons (Fsp3) is 0.368. The first-order chi connectivity index (χ1) is 13.5. The second kappa shape index (κ2) is 7.65. The molecule has 0 N–H and O–H groups in total. The molecule has 7 nitrogen and oxygen atoms in total. The van der Waals surface area contributed by atoms with Gasteiger partial charge in [-0.2, -0.15) is 9.29 Å². The Morgan fingerprint density at radius 1 is 1.25 bits per heavy atom. The quantitative estimate of drug-likeness (QED) is 0.608. The van der Waals surface area contributed by atoms with Crippen molar-refractivity contribution in [1.82, 2.24) is 14.4 Å². The van der Waals surface area contributed by atoms with Crippen molar-refractivity contribution in [3.8, 4) is 16.5 Å². The van der Waals surface area contributed by atoms with Gasteiger partial charge in [-0.25, -0.2) is 8.42 Å². The van der Waals surface area contributed by atoms with Crippen LogP contribution in [0.1, 0.15) is 29.9 Å². The molecule has 0 bridgehead atoms. The maximum atomic E-state index is 13.2. The molecule has 1 aliphatic carbocycles. The van der Waals surface area contributed by atoms with Crippen molar-refractivity contribution < 1.29 is 17.7 Å². The molecule has 1 aliphatic rings. The molecule has 148 valence electrons. The van der Waals surface area contributed by atoms with E-state index in [2.05, 4.69) is 10.1 Å². The minimum atomic E-state index is -3.77. The molecule has 2 heterocycles. The molecule has 0 saturated heterocycles. The highest BCUT2D eigenvalue weighted by Crippen LogP contribution is 2.33. The minimum absolute atomic E-state index is 0.0129. The fourth-order valence-electron chi connectivity index (χ4n) is 3.37. The average molecular weight is 420 g/mol. The molecule has 0 radical (unpaired) electrons. The van der Waals surface area contributed by atoms with Gasteiger partial charge in [0, 0.05) is 7.05 Å². The zero-order valence-electron chi connectivity index (χ0n) is 15.7.